The van der Waals surface area contributed by atoms with Crippen molar-refractivity contribution in [2.24, 2.45) is 0 Å². The Balaban J connectivity index is 2.71. The van der Waals surface area contributed by atoms with Crippen molar-refractivity contribution in [3.05, 3.63) is 29.6 Å². The second kappa shape index (κ2) is 6.70. The lowest BCUT2D eigenvalue weighted by molar-refractivity contribution is 0.0690. The molecule has 0 bridgehead atoms. The molecule has 0 unspecified atom stereocenters. The highest BCUT2D eigenvalue weighted by Gasteiger charge is 2.14. The zero-order valence-electron chi connectivity index (χ0n) is 10.5. The number of nitrogens with one attached hydrogen (secondary N) is 1. The summed E-state index contributed by atoms with van der Waals surface area (Å²) in [6.07, 6.45) is 2.17. The van der Waals surface area contributed by atoms with Gasteiger partial charge in [0.25, 0.3) is 5.91 Å². The Kier molecular flexibility index (Phi) is 5.26. The maximum absolute atomic E-state index is 12.0. The van der Waals surface area contributed by atoms with Gasteiger partial charge in [-0.15, -0.1) is 0 Å². The average Bonchev–Trinajstić information content (AvgIpc) is 2.38. The predicted octanol–water partition coefficient (Wildman–Crippen LogP) is 0.461. The van der Waals surface area contributed by atoms with Gasteiger partial charge in [-0.2, -0.15) is 0 Å². The van der Waals surface area contributed by atoms with E-state index in [-0.39, 0.29) is 11.6 Å². The van der Waals surface area contributed by atoms with E-state index in [1.807, 2.05) is 7.05 Å². The van der Waals surface area contributed by atoms with Crippen LogP contribution >= 0.6 is 0 Å². The van der Waals surface area contributed by atoms with Gasteiger partial charge in [0.05, 0.1) is 0 Å². The first-order chi connectivity index (χ1) is 8.56. The Morgan fingerprint density at radius 3 is 2.83 bits per heavy atom. The first kappa shape index (κ1) is 14.1. The molecule has 1 heterocycles. The van der Waals surface area contributed by atoms with E-state index in [9.17, 15) is 9.59 Å². The fourth-order valence-corrected chi connectivity index (χ4v) is 1.50. The molecule has 1 rings (SSSR count). The van der Waals surface area contributed by atoms with Crippen molar-refractivity contribution in [3.8, 4) is 0 Å². The van der Waals surface area contributed by atoms with Gasteiger partial charge in [0, 0.05) is 25.4 Å². The predicted molar refractivity (Wildman–Crippen MR) is 66.7 cm³/mol. The van der Waals surface area contributed by atoms with Crippen molar-refractivity contribution < 1.29 is 14.7 Å². The van der Waals surface area contributed by atoms with Crippen LogP contribution in [0.5, 0.6) is 0 Å². The maximum Gasteiger partial charge on any atom is 0.354 e. The molecule has 0 fully saturated rings. The van der Waals surface area contributed by atoms with Crippen molar-refractivity contribution in [1.82, 2.24) is 15.2 Å². The summed E-state index contributed by atoms with van der Waals surface area (Å²) in [5, 5.41) is 11.8. The number of carboxylic acids is 1. The summed E-state index contributed by atoms with van der Waals surface area (Å²) < 4.78 is 0. The zero-order chi connectivity index (χ0) is 13.5. The molecule has 0 saturated heterocycles. The Morgan fingerprint density at radius 2 is 2.22 bits per heavy atom. The standard InChI is InChI=1S/C12H17N3O3/c1-13-5-3-7-15(2)11(16)9-4-6-14-10(8-9)12(17)18/h4,6,8,13H,3,5,7H2,1-2H3,(H,17,18). The third kappa shape index (κ3) is 3.81. The number of carbonyl (C=O) groups excluding carboxylic acids is 1. The number of amides is 1. The van der Waals surface area contributed by atoms with Gasteiger partial charge in [0.1, 0.15) is 5.69 Å². The monoisotopic (exact) mass is 251 g/mol. The molecule has 6 heteroatoms. The first-order valence-corrected chi connectivity index (χ1v) is 5.65. The lowest BCUT2D eigenvalue weighted by Crippen LogP contribution is -2.29. The zero-order valence-corrected chi connectivity index (χ0v) is 10.5. The maximum atomic E-state index is 12.0. The minimum absolute atomic E-state index is 0.121. The number of hydrogen-bond acceptors (Lipinski definition) is 4. The van der Waals surface area contributed by atoms with Crippen LogP contribution in [-0.2, 0) is 0 Å². The molecule has 18 heavy (non-hydrogen) atoms. The van der Waals surface area contributed by atoms with Gasteiger partial charge in [0.15, 0.2) is 0 Å². The Hall–Kier alpha value is -1.95. The summed E-state index contributed by atoms with van der Waals surface area (Å²) in [7, 11) is 3.54. The number of aromatic nitrogens is 1. The van der Waals surface area contributed by atoms with Crippen molar-refractivity contribution in [3.63, 3.8) is 0 Å². The van der Waals surface area contributed by atoms with Crippen molar-refractivity contribution in [2.75, 3.05) is 27.2 Å². The summed E-state index contributed by atoms with van der Waals surface area (Å²) in [6, 6.07) is 2.81. The molecular formula is C12H17N3O3. The molecule has 0 saturated carbocycles. The van der Waals surface area contributed by atoms with Gasteiger partial charge >= 0.3 is 5.97 Å². The normalized spacial score (nSPS) is 10.1. The number of pyridine rings is 1. The second-order valence-electron chi connectivity index (χ2n) is 3.92. The highest BCUT2D eigenvalue weighted by molar-refractivity contribution is 5.96. The van der Waals surface area contributed by atoms with E-state index in [2.05, 4.69) is 10.3 Å². The number of hydrogen-bond donors (Lipinski definition) is 2. The van der Waals surface area contributed by atoms with Crippen LogP contribution in [0.25, 0.3) is 0 Å². The first-order valence-electron chi connectivity index (χ1n) is 5.65. The number of carboxylic acid groups (broad SMARTS) is 1. The van der Waals surface area contributed by atoms with Gasteiger partial charge in [-0.25, -0.2) is 9.78 Å². The number of aromatic carboxylic acids is 1. The van der Waals surface area contributed by atoms with E-state index in [1.54, 1.807) is 11.9 Å². The third-order valence-electron chi connectivity index (χ3n) is 2.49. The van der Waals surface area contributed by atoms with E-state index in [0.29, 0.717) is 12.1 Å². The molecule has 0 spiro atoms. The summed E-state index contributed by atoms with van der Waals surface area (Å²) in [5.74, 6) is -1.33. The molecule has 0 aliphatic heterocycles. The van der Waals surface area contributed by atoms with Crippen LogP contribution in [0.4, 0.5) is 0 Å². The molecule has 0 atom stereocenters. The lowest BCUT2D eigenvalue weighted by Gasteiger charge is -2.17. The van der Waals surface area contributed by atoms with Crippen molar-refractivity contribution in [2.45, 2.75) is 6.42 Å². The Bertz CT molecular complexity index is 434. The fraction of sp³-hybridized carbons (Fsp3) is 0.417. The highest BCUT2D eigenvalue weighted by atomic mass is 16.4. The van der Waals surface area contributed by atoms with Crippen LogP contribution in [0.15, 0.2) is 18.3 Å². The minimum Gasteiger partial charge on any atom is -0.477 e. The molecule has 0 aliphatic carbocycles. The van der Waals surface area contributed by atoms with Crippen molar-refractivity contribution >= 4 is 11.9 Å². The van der Waals surface area contributed by atoms with Crippen LogP contribution in [0.3, 0.4) is 0 Å². The van der Waals surface area contributed by atoms with Crippen LogP contribution < -0.4 is 5.32 Å². The van der Waals surface area contributed by atoms with E-state index < -0.39 is 5.97 Å². The second-order valence-corrected chi connectivity index (χ2v) is 3.92. The number of nitrogens with zero attached hydrogens (tertiary/aromatic N) is 2. The van der Waals surface area contributed by atoms with Crippen LogP contribution in [0.1, 0.15) is 27.3 Å². The molecule has 0 aromatic carbocycles. The topological polar surface area (TPSA) is 82.5 Å². The van der Waals surface area contributed by atoms with Crippen LogP contribution in [-0.4, -0.2) is 54.1 Å². The van der Waals surface area contributed by atoms with Gasteiger partial charge in [0.2, 0.25) is 0 Å². The molecular weight excluding hydrogens is 234 g/mol. The Morgan fingerprint density at radius 1 is 1.50 bits per heavy atom. The lowest BCUT2D eigenvalue weighted by atomic mass is 10.2. The quantitative estimate of drug-likeness (QED) is 0.718. The fourth-order valence-electron chi connectivity index (χ4n) is 1.50. The van der Waals surface area contributed by atoms with Crippen LogP contribution in [0, 0.1) is 0 Å². The molecule has 1 aromatic rings. The molecule has 1 aromatic heterocycles. The SMILES string of the molecule is CNCCCN(C)C(=O)c1ccnc(C(=O)O)c1. The van der Waals surface area contributed by atoms with Gasteiger partial charge in [-0.3, -0.25) is 4.79 Å². The minimum atomic E-state index is -1.14. The van der Waals surface area contributed by atoms with E-state index in [1.165, 1.54) is 18.3 Å². The highest BCUT2D eigenvalue weighted by Crippen LogP contribution is 2.05. The average molecular weight is 251 g/mol. The molecule has 0 aliphatic rings. The van der Waals surface area contributed by atoms with Crippen molar-refractivity contribution in [1.29, 1.82) is 0 Å². The molecule has 2 N–H and O–H groups in total. The summed E-state index contributed by atoms with van der Waals surface area (Å²) >= 11 is 0. The molecule has 1 amide bonds. The van der Waals surface area contributed by atoms with E-state index >= 15 is 0 Å². The number of carbonyl (C=O) groups is 2. The molecule has 6 nitrogen and oxygen atoms in total. The molecule has 98 valence electrons. The van der Waals surface area contributed by atoms with Crippen LogP contribution in [0.2, 0.25) is 0 Å². The summed E-state index contributed by atoms with van der Waals surface area (Å²) in [6.45, 7) is 1.44. The summed E-state index contributed by atoms with van der Waals surface area (Å²) in [4.78, 5) is 28.0. The Labute approximate surface area is 106 Å². The number of rotatable bonds is 6. The third-order valence-corrected chi connectivity index (χ3v) is 2.49. The summed E-state index contributed by atoms with van der Waals surface area (Å²) in [5.41, 5.74) is 0.221. The van der Waals surface area contributed by atoms with Gasteiger partial charge < -0.3 is 15.3 Å². The molecule has 0 radical (unpaired) electrons. The van der Waals surface area contributed by atoms with E-state index in [4.69, 9.17) is 5.11 Å². The van der Waals surface area contributed by atoms with Gasteiger partial charge in [-0.05, 0) is 32.1 Å². The largest absolute Gasteiger partial charge is 0.477 e. The smallest absolute Gasteiger partial charge is 0.354 e. The van der Waals surface area contributed by atoms with E-state index in [0.717, 1.165) is 13.0 Å². The van der Waals surface area contributed by atoms with Gasteiger partial charge in [-0.1, -0.05) is 0 Å².